The van der Waals surface area contributed by atoms with E-state index in [1.54, 1.807) is 0 Å². The van der Waals surface area contributed by atoms with Crippen molar-refractivity contribution in [3.63, 3.8) is 0 Å². The van der Waals surface area contributed by atoms with E-state index in [0.717, 1.165) is 12.6 Å². The summed E-state index contributed by atoms with van der Waals surface area (Å²) >= 11 is 0. The molecule has 1 aliphatic carbocycles. The van der Waals surface area contributed by atoms with Crippen molar-refractivity contribution in [3.8, 4) is 0 Å². The summed E-state index contributed by atoms with van der Waals surface area (Å²) in [5.74, 6) is 0. The van der Waals surface area contributed by atoms with Gasteiger partial charge in [0.1, 0.15) is 0 Å². The molecule has 19 heavy (non-hydrogen) atoms. The normalized spacial score (nSPS) is 24.3. The van der Waals surface area contributed by atoms with Crippen LogP contribution in [0.3, 0.4) is 0 Å². The highest BCUT2D eigenvalue weighted by Gasteiger charge is 2.28. The van der Waals surface area contributed by atoms with Crippen LogP contribution in [0, 0.1) is 0 Å². The number of rotatable bonds is 3. The van der Waals surface area contributed by atoms with Crippen LogP contribution in [0.2, 0.25) is 0 Å². The zero-order valence-electron chi connectivity index (χ0n) is 12.1. The van der Waals surface area contributed by atoms with Crippen molar-refractivity contribution in [2.75, 3.05) is 18.0 Å². The van der Waals surface area contributed by atoms with Crippen LogP contribution in [0.4, 0.5) is 5.69 Å². The van der Waals surface area contributed by atoms with Gasteiger partial charge in [-0.1, -0.05) is 38.0 Å². The third kappa shape index (κ3) is 2.64. The summed E-state index contributed by atoms with van der Waals surface area (Å²) in [6.07, 6.45) is 8.19. The zero-order valence-corrected chi connectivity index (χ0v) is 12.1. The van der Waals surface area contributed by atoms with Crippen LogP contribution in [0.5, 0.6) is 0 Å². The maximum atomic E-state index is 3.67. The van der Waals surface area contributed by atoms with Gasteiger partial charge >= 0.3 is 0 Å². The first-order valence-corrected chi connectivity index (χ1v) is 7.99. The highest BCUT2D eigenvalue weighted by molar-refractivity contribution is 5.56. The third-order valence-corrected chi connectivity index (χ3v) is 4.73. The molecule has 1 aliphatic heterocycles. The Kier molecular flexibility index (Phi) is 4.07. The molecule has 0 amide bonds. The molecule has 2 heteroatoms. The molecule has 1 atom stereocenters. The highest BCUT2D eigenvalue weighted by Crippen LogP contribution is 2.37. The SMILES string of the molecule is CCNC1CCCN(C2CCCC2)c2ccccc21. The Hall–Kier alpha value is -1.02. The molecular weight excluding hydrogens is 232 g/mol. The number of benzene rings is 1. The number of nitrogens with one attached hydrogen (secondary N) is 1. The second-order valence-corrected chi connectivity index (χ2v) is 5.94. The Morgan fingerprint density at radius 3 is 2.68 bits per heavy atom. The molecule has 3 rings (SSSR count). The van der Waals surface area contributed by atoms with Crippen molar-refractivity contribution in [2.24, 2.45) is 0 Å². The Morgan fingerprint density at radius 1 is 1.11 bits per heavy atom. The van der Waals surface area contributed by atoms with Crippen molar-refractivity contribution < 1.29 is 0 Å². The molecule has 0 spiro atoms. The fourth-order valence-corrected chi connectivity index (χ4v) is 3.84. The van der Waals surface area contributed by atoms with Crippen molar-refractivity contribution >= 4 is 5.69 Å². The summed E-state index contributed by atoms with van der Waals surface area (Å²) in [6.45, 7) is 4.51. The molecule has 2 nitrogen and oxygen atoms in total. The fourth-order valence-electron chi connectivity index (χ4n) is 3.84. The van der Waals surface area contributed by atoms with E-state index in [-0.39, 0.29) is 0 Å². The van der Waals surface area contributed by atoms with Gasteiger partial charge in [0.2, 0.25) is 0 Å². The van der Waals surface area contributed by atoms with E-state index < -0.39 is 0 Å². The Balaban J connectivity index is 1.92. The number of hydrogen-bond donors (Lipinski definition) is 1. The van der Waals surface area contributed by atoms with Gasteiger partial charge in [0.25, 0.3) is 0 Å². The summed E-state index contributed by atoms with van der Waals surface area (Å²) in [7, 11) is 0. The van der Waals surface area contributed by atoms with Gasteiger partial charge in [-0.2, -0.15) is 0 Å². The van der Waals surface area contributed by atoms with Crippen LogP contribution in [0.15, 0.2) is 24.3 Å². The van der Waals surface area contributed by atoms with E-state index >= 15 is 0 Å². The molecule has 1 heterocycles. The van der Waals surface area contributed by atoms with Crippen molar-refractivity contribution in [1.29, 1.82) is 0 Å². The topological polar surface area (TPSA) is 15.3 Å². The van der Waals surface area contributed by atoms with Crippen LogP contribution >= 0.6 is 0 Å². The Morgan fingerprint density at radius 2 is 1.89 bits per heavy atom. The lowest BCUT2D eigenvalue weighted by Crippen LogP contribution is -2.34. The molecular formula is C17H26N2. The van der Waals surface area contributed by atoms with Gasteiger partial charge < -0.3 is 10.2 Å². The summed E-state index contributed by atoms with van der Waals surface area (Å²) in [6, 6.07) is 10.4. The molecule has 0 saturated heterocycles. The third-order valence-electron chi connectivity index (χ3n) is 4.73. The number of hydrogen-bond acceptors (Lipinski definition) is 2. The van der Waals surface area contributed by atoms with E-state index in [4.69, 9.17) is 0 Å². The molecule has 1 unspecified atom stereocenters. The predicted octanol–water partition coefficient (Wildman–Crippen LogP) is 3.88. The summed E-state index contributed by atoms with van der Waals surface area (Å²) in [5.41, 5.74) is 3.02. The van der Waals surface area contributed by atoms with E-state index in [9.17, 15) is 0 Å². The molecule has 2 aliphatic rings. The maximum absolute atomic E-state index is 3.67. The molecule has 1 fully saturated rings. The van der Waals surface area contributed by atoms with Gasteiger partial charge in [0.15, 0.2) is 0 Å². The van der Waals surface area contributed by atoms with Gasteiger partial charge in [-0.25, -0.2) is 0 Å². The molecule has 1 aromatic rings. The molecule has 1 N–H and O–H groups in total. The van der Waals surface area contributed by atoms with Crippen molar-refractivity contribution in [3.05, 3.63) is 29.8 Å². The molecule has 0 aromatic heterocycles. The minimum Gasteiger partial charge on any atom is -0.368 e. The molecule has 0 radical (unpaired) electrons. The monoisotopic (exact) mass is 258 g/mol. The summed E-state index contributed by atoms with van der Waals surface area (Å²) in [5, 5.41) is 3.67. The fraction of sp³-hybridized carbons (Fsp3) is 0.647. The van der Waals surface area contributed by atoms with E-state index in [0.29, 0.717) is 6.04 Å². The van der Waals surface area contributed by atoms with Gasteiger partial charge in [0.05, 0.1) is 0 Å². The lowest BCUT2D eigenvalue weighted by Gasteiger charge is -2.31. The maximum Gasteiger partial charge on any atom is 0.0417 e. The van der Waals surface area contributed by atoms with Crippen molar-refractivity contribution in [2.45, 2.75) is 57.5 Å². The van der Waals surface area contributed by atoms with Crippen LogP contribution in [-0.4, -0.2) is 19.1 Å². The summed E-state index contributed by atoms with van der Waals surface area (Å²) < 4.78 is 0. The number of para-hydroxylation sites is 1. The molecule has 0 bridgehead atoms. The van der Waals surface area contributed by atoms with Crippen LogP contribution in [0.25, 0.3) is 0 Å². The minimum absolute atomic E-state index is 0.549. The van der Waals surface area contributed by atoms with E-state index in [1.807, 2.05) is 0 Å². The summed E-state index contributed by atoms with van der Waals surface area (Å²) in [4.78, 5) is 2.71. The predicted molar refractivity (Wildman–Crippen MR) is 81.7 cm³/mol. The van der Waals surface area contributed by atoms with E-state index in [1.165, 1.54) is 56.3 Å². The quantitative estimate of drug-likeness (QED) is 0.885. The molecule has 1 aromatic carbocycles. The Labute approximate surface area is 117 Å². The second kappa shape index (κ2) is 5.96. The first-order chi connectivity index (χ1) is 9.40. The zero-order chi connectivity index (χ0) is 13.1. The van der Waals surface area contributed by atoms with Gasteiger partial charge in [0, 0.05) is 24.3 Å². The lowest BCUT2D eigenvalue weighted by molar-refractivity contribution is 0.506. The number of nitrogens with zero attached hydrogens (tertiary/aromatic N) is 1. The molecule has 1 saturated carbocycles. The van der Waals surface area contributed by atoms with Crippen LogP contribution < -0.4 is 10.2 Å². The van der Waals surface area contributed by atoms with Gasteiger partial charge in [-0.05, 0) is 43.9 Å². The standard InChI is InChI=1S/C17H26N2/c1-2-18-16-11-7-13-19(14-8-3-4-9-14)17-12-6-5-10-15(16)17/h5-6,10,12,14,16,18H,2-4,7-9,11,13H2,1H3. The van der Waals surface area contributed by atoms with Crippen LogP contribution in [0.1, 0.15) is 57.1 Å². The van der Waals surface area contributed by atoms with Gasteiger partial charge in [-0.15, -0.1) is 0 Å². The highest BCUT2D eigenvalue weighted by atomic mass is 15.2. The Bertz CT molecular complexity index is 409. The molecule has 104 valence electrons. The van der Waals surface area contributed by atoms with Gasteiger partial charge in [-0.3, -0.25) is 0 Å². The first-order valence-electron chi connectivity index (χ1n) is 7.99. The average molecular weight is 258 g/mol. The largest absolute Gasteiger partial charge is 0.368 e. The smallest absolute Gasteiger partial charge is 0.0417 e. The van der Waals surface area contributed by atoms with Crippen molar-refractivity contribution in [1.82, 2.24) is 5.32 Å². The first kappa shape index (κ1) is 13.0. The number of anilines is 1. The van der Waals surface area contributed by atoms with E-state index in [2.05, 4.69) is 41.4 Å². The number of fused-ring (bicyclic) bond motifs is 1. The second-order valence-electron chi connectivity index (χ2n) is 5.94. The average Bonchev–Trinajstić information content (AvgIpc) is 2.90. The lowest BCUT2D eigenvalue weighted by atomic mass is 10.0. The van der Waals surface area contributed by atoms with Crippen LogP contribution in [-0.2, 0) is 0 Å². The minimum atomic E-state index is 0.549.